The number of para-hydroxylation sites is 1. The molecule has 7 nitrogen and oxygen atoms in total. The lowest BCUT2D eigenvalue weighted by Gasteiger charge is -2.06. The summed E-state index contributed by atoms with van der Waals surface area (Å²) in [5, 5.41) is 13.6. The lowest BCUT2D eigenvalue weighted by atomic mass is 10.1. The summed E-state index contributed by atoms with van der Waals surface area (Å²) in [5.41, 5.74) is 0.656. The Balaban J connectivity index is 1.61. The van der Waals surface area contributed by atoms with Gasteiger partial charge in [-0.3, -0.25) is 14.9 Å². The highest BCUT2D eigenvalue weighted by Crippen LogP contribution is 2.21. The minimum absolute atomic E-state index is 0.0875. The number of ether oxygens (including phenoxy) is 1. The Morgan fingerprint density at radius 2 is 1.86 bits per heavy atom. The zero-order valence-corrected chi connectivity index (χ0v) is 14.4. The highest BCUT2D eigenvalue weighted by Gasteiger charge is 2.10. The number of rotatable bonds is 6. The molecular formula is C20H14FN3O4. The number of benzene rings is 2. The minimum Gasteiger partial charge on any atom is -0.439 e. The van der Waals surface area contributed by atoms with Crippen molar-refractivity contribution >= 4 is 23.4 Å². The molecule has 0 bridgehead atoms. The number of halogens is 1. The molecule has 0 saturated heterocycles. The summed E-state index contributed by atoms with van der Waals surface area (Å²) in [6.45, 7) is 0. The Hall–Kier alpha value is -4.07. The molecule has 3 rings (SSSR count). The summed E-state index contributed by atoms with van der Waals surface area (Å²) in [5.74, 6) is -0.127. The summed E-state index contributed by atoms with van der Waals surface area (Å²) >= 11 is 0. The number of pyridine rings is 1. The first-order valence-corrected chi connectivity index (χ1v) is 8.13. The van der Waals surface area contributed by atoms with Gasteiger partial charge in [-0.15, -0.1) is 0 Å². The van der Waals surface area contributed by atoms with E-state index in [1.807, 2.05) is 0 Å². The molecule has 140 valence electrons. The summed E-state index contributed by atoms with van der Waals surface area (Å²) in [4.78, 5) is 26.5. The Kier molecular flexibility index (Phi) is 5.71. The third-order valence-corrected chi connectivity index (χ3v) is 3.59. The molecule has 0 spiro atoms. The monoisotopic (exact) mass is 379 g/mol. The molecule has 1 aromatic heterocycles. The molecule has 0 radical (unpaired) electrons. The van der Waals surface area contributed by atoms with Crippen molar-refractivity contribution in [3.63, 3.8) is 0 Å². The number of nitrogens with zero attached hydrogens (tertiary/aromatic N) is 2. The van der Waals surface area contributed by atoms with E-state index in [2.05, 4.69) is 10.3 Å². The summed E-state index contributed by atoms with van der Waals surface area (Å²) in [6.07, 6.45) is 3.97. The van der Waals surface area contributed by atoms with Crippen LogP contribution in [-0.2, 0) is 4.79 Å². The standard InChI is InChI=1S/C20H14FN3O4/c21-15-6-9-17(10-7-15)28-20-12-8-16(13-22-20)23-19(25)11-5-14-3-1-2-4-18(14)24(26)27/h1-13H,(H,23,25)/b11-5+. The van der Waals surface area contributed by atoms with Gasteiger partial charge in [-0.1, -0.05) is 12.1 Å². The van der Waals surface area contributed by atoms with Gasteiger partial charge in [0, 0.05) is 18.2 Å². The van der Waals surface area contributed by atoms with Crippen LogP contribution >= 0.6 is 0 Å². The second kappa shape index (κ2) is 8.54. The van der Waals surface area contributed by atoms with Crippen LogP contribution in [0.3, 0.4) is 0 Å². The van der Waals surface area contributed by atoms with Crippen LogP contribution in [0.2, 0.25) is 0 Å². The SMILES string of the molecule is O=C(/C=C/c1ccccc1[N+](=O)[O-])Nc1ccc(Oc2ccc(F)cc2)nc1. The molecule has 0 aliphatic carbocycles. The first-order valence-electron chi connectivity index (χ1n) is 8.13. The van der Waals surface area contributed by atoms with Gasteiger partial charge in [0.05, 0.1) is 22.4 Å². The van der Waals surface area contributed by atoms with E-state index in [1.54, 1.807) is 30.3 Å². The number of amides is 1. The molecule has 0 saturated carbocycles. The number of hydrogen-bond acceptors (Lipinski definition) is 5. The second-order valence-corrected chi connectivity index (χ2v) is 5.58. The maximum Gasteiger partial charge on any atom is 0.276 e. The lowest BCUT2D eigenvalue weighted by molar-refractivity contribution is -0.385. The van der Waals surface area contributed by atoms with Gasteiger partial charge >= 0.3 is 0 Å². The average Bonchev–Trinajstić information content (AvgIpc) is 2.70. The van der Waals surface area contributed by atoms with Crippen LogP contribution in [0.15, 0.2) is 72.9 Å². The smallest absolute Gasteiger partial charge is 0.276 e. The number of nitrogens with one attached hydrogen (secondary N) is 1. The molecule has 1 N–H and O–H groups in total. The molecule has 28 heavy (non-hydrogen) atoms. The van der Waals surface area contributed by atoms with Crippen molar-refractivity contribution in [3.05, 3.63) is 94.4 Å². The van der Waals surface area contributed by atoms with Gasteiger partial charge in [-0.25, -0.2) is 9.37 Å². The van der Waals surface area contributed by atoms with Gasteiger partial charge in [-0.2, -0.15) is 0 Å². The fourth-order valence-electron chi connectivity index (χ4n) is 2.28. The molecule has 8 heteroatoms. The van der Waals surface area contributed by atoms with E-state index < -0.39 is 10.8 Å². The number of hydrogen-bond donors (Lipinski definition) is 1. The average molecular weight is 379 g/mol. The van der Waals surface area contributed by atoms with Crippen LogP contribution in [0.1, 0.15) is 5.56 Å². The van der Waals surface area contributed by atoms with E-state index in [4.69, 9.17) is 4.74 Å². The number of nitro benzene ring substituents is 1. The van der Waals surface area contributed by atoms with Crippen LogP contribution < -0.4 is 10.1 Å². The van der Waals surface area contributed by atoms with Crippen molar-refractivity contribution in [1.82, 2.24) is 4.98 Å². The molecule has 2 aromatic carbocycles. The maximum atomic E-state index is 12.9. The predicted molar refractivity (Wildman–Crippen MR) is 101 cm³/mol. The molecule has 1 amide bonds. The fourth-order valence-corrected chi connectivity index (χ4v) is 2.28. The number of carbonyl (C=O) groups is 1. The zero-order valence-electron chi connectivity index (χ0n) is 14.4. The highest BCUT2D eigenvalue weighted by atomic mass is 19.1. The van der Waals surface area contributed by atoms with Crippen molar-refractivity contribution in [2.75, 3.05) is 5.32 Å². The van der Waals surface area contributed by atoms with Gasteiger partial charge in [0.15, 0.2) is 0 Å². The molecule has 0 unspecified atom stereocenters. The van der Waals surface area contributed by atoms with Gasteiger partial charge < -0.3 is 10.1 Å². The lowest BCUT2D eigenvalue weighted by Crippen LogP contribution is -2.08. The molecule has 0 atom stereocenters. The minimum atomic E-state index is -0.513. The first-order chi connectivity index (χ1) is 13.5. The van der Waals surface area contributed by atoms with Crippen molar-refractivity contribution in [2.45, 2.75) is 0 Å². The summed E-state index contributed by atoms with van der Waals surface area (Å²) in [6, 6.07) is 14.7. The maximum absolute atomic E-state index is 12.9. The molecule has 0 aliphatic heterocycles. The topological polar surface area (TPSA) is 94.4 Å². The van der Waals surface area contributed by atoms with Crippen LogP contribution in [0.4, 0.5) is 15.8 Å². The Morgan fingerprint density at radius 1 is 1.11 bits per heavy atom. The third kappa shape index (κ3) is 4.98. The van der Waals surface area contributed by atoms with Gasteiger partial charge in [0.1, 0.15) is 11.6 Å². The largest absolute Gasteiger partial charge is 0.439 e. The molecule has 3 aromatic rings. The first kappa shape index (κ1) is 18.7. The van der Waals surface area contributed by atoms with E-state index in [1.165, 1.54) is 48.7 Å². The number of carbonyl (C=O) groups excluding carboxylic acids is 1. The van der Waals surface area contributed by atoms with Crippen LogP contribution in [0, 0.1) is 15.9 Å². The molecular weight excluding hydrogens is 365 g/mol. The second-order valence-electron chi connectivity index (χ2n) is 5.58. The van der Waals surface area contributed by atoms with E-state index >= 15 is 0 Å². The van der Waals surface area contributed by atoms with Crippen molar-refractivity contribution in [2.24, 2.45) is 0 Å². The van der Waals surface area contributed by atoms with Crippen LogP contribution in [-0.4, -0.2) is 15.8 Å². The normalized spacial score (nSPS) is 10.6. The zero-order chi connectivity index (χ0) is 19.9. The number of nitro groups is 1. The van der Waals surface area contributed by atoms with Crippen LogP contribution in [0.5, 0.6) is 11.6 Å². The molecule has 0 fully saturated rings. The van der Waals surface area contributed by atoms with E-state index in [0.29, 0.717) is 17.0 Å². The highest BCUT2D eigenvalue weighted by molar-refractivity contribution is 6.02. The molecule has 0 aliphatic rings. The Labute approximate surface area is 159 Å². The van der Waals surface area contributed by atoms with Gasteiger partial charge in [0.2, 0.25) is 11.8 Å². The van der Waals surface area contributed by atoms with E-state index in [-0.39, 0.29) is 17.4 Å². The molecule has 1 heterocycles. The van der Waals surface area contributed by atoms with Crippen molar-refractivity contribution in [1.29, 1.82) is 0 Å². The van der Waals surface area contributed by atoms with Crippen LogP contribution in [0.25, 0.3) is 6.08 Å². The number of aromatic nitrogens is 1. The summed E-state index contributed by atoms with van der Waals surface area (Å²) < 4.78 is 18.3. The third-order valence-electron chi connectivity index (χ3n) is 3.59. The van der Waals surface area contributed by atoms with Gasteiger partial charge in [0.25, 0.3) is 5.69 Å². The quantitative estimate of drug-likeness (QED) is 0.384. The van der Waals surface area contributed by atoms with E-state index in [9.17, 15) is 19.3 Å². The van der Waals surface area contributed by atoms with Crippen molar-refractivity contribution < 1.29 is 18.8 Å². The fraction of sp³-hybridized carbons (Fsp3) is 0. The van der Waals surface area contributed by atoms with E-state index in [0.717, 1.165) is 0 Å². The number of anilines is 1. The van der Waals surface area contributed by atoms with Crippen molar-refractivity contribution in [3.8, 4) is 11.6 Å². The summed E-state index contributed by atoms with van der Waals surface area (Å²) in [7, 11) is 0. The Bertz CT molecular complexity index is 1020. The van der Waals surface area contributed by atoms with Gasteiger partial charge in [-0.05, 0) is 42.5 Å². The Morgan fingerprint density at radius 3 is 2.54 bits per heavy atom. The predicted octanol–water partition coefficient (Wildman–Crippen LogP) is 4.57.